The molecule has 0 fully saturated rings. The molecule has 0 aliphatic carbocycles. The lowest BCUT2D eigenvalue weighted by Gasteiger charge is -2.26. The van der Waals surface area contributed by atoms with Crippen molar-refractivity contribution in [1.29, 1.82) is 0 Å². The van der Waals surface area contributed by atoms with E-state index in [-0.39, 0.29) is 102 Å². The summed E-state index contributed by atoms with van der Waals surface area (Å²) in [6.45, 7) is 0.607. The molecule has 296 valence electrons. The van der Waals surface area contributed by atoms with E-state index in [4.69, 9.17) is 51.0 Å². The lowest BCUT2D eigenvalue weighted by Crippen LogP contribution is -2.58. The molecular formula is C29H57N15O8. The van der Waals surface area contributed by atoms with Crippen molar-refractivity contribution in [3.05, 3.63) is 0 Å². The fraction of sp³-hybridized carbons (Fsp3) is 0.690. The van der Waals surface area contributed by atoms with E-state index >= 15 is 0 Å². The van der Waals surface area contributed by atoms with E-state index in [9.17, 15) is 33.9 Å². The van der Waals surface area contributed by atoms with Crippen LogP contribution in [0.3, 0.4) is 0 Å². The lowest BCUT2D eigenvalue weighted by molar-refractivity contribution is -0.142. The van der Waals surface area contributed by atoms with Crippen LogP contribution < -0.4 is 67.1 Å². The molecule has 23 nitrogen and oxygen atoms in total. The Balaban J connectivity index is 6.18. The largest absolute Gasteiger partial charge is 0.481 e. The summed E-state index contributed by atoms with van der Waals surface area (Å²) >= 11 is 0. The number of nitrogens with zero attached hydrogens (tertiary/aromatic N) is 3. The van der Waals surface area contributed by atoms with Crippen LogP contribution >= 0.6 is 0 Å². The third-order valence-electron chi connectivity index (χ3n) is 7.30. The second-order valence-corrected chi connectivity index (χ2v) is 11.8. The number of amides is 4. The Labute approximate surface area is 301 Å². The lowest BCUT2D eigenvalue weighted by atomic mass is 10.0. The monoisotopic (exact) mass is 743 g/mol. The van der Waals surface area contributed by atoms with E-state index in [1.165, 1.54) is 0 Å². The Morgan fingerprint density at radius 3 is 1.19 bits per heavy atom. The summed E-state index contributed by atoms with van der Waals surface area (Å²) in [5.41, 5.74) is 43.6. The van der Waals surface area contributed by atoms with Crippen molar-refractivity contribution in [3.8, 4) is 0 Å². The molecule has 0 saturated heterocycles. The SMILES string of the molecule is NCCCC[C@H](NC(=O)[C@H](CCCN=C(N)N)NC(=O)[C@@H](N)CCC(=O)O)C(=O)N[C@@H](CCCN=C(N)N)C(=O)N[C@@H](CCCN=C(N)N)C(=O)O. The molecule has 22 N–H and O–H groups in total. The van der Waals surface area contributed by atoms with Gasteiger partial charge in [0.1, 0.15) is 24.2 Å². The number of unbranched alkanes of at least 4 members (excludes halogenated alkanes) is 1. The maximum absolute atomic E-state index is 13.7. The molecular weight excluding hydrogens is 686 g/mol. The van der Waals surface area contributed by atoms with Crippen molar-refractivity contribution < 1.29 is 39.0 Å². The van der Waals surface area contributed by atoms with Gasteiger partial charge in [-0.25, -0.2) is 4.79 Å². The number of hydrogen-bond donors (Lipinski definition) is 14. The van der Waals surface area contributed by atoms with Gasteiger partial charge < -0.3 is 77.3 Å². The van der Waals surface area contributed by atoms with Crippen LogP contribution in [-0.2, 0) is 28.8 Å². The van der Waals surface area contributed by atoms with Gasteiger partial charge >= 0.3 is 11.9 Å². The number of nitrogens with one attached hydrogen (secondary N) is 4. The first-order chi connectivity index (χ1) is 24.5. The smallest absolute Gasteiger partial charge is 0.326 e. The van der Waals surface area contributed by atoms with Gasteiger partial charge in [-0.15, -0.1) is 0 Å². The molecule has 0 saturated carbocycles. The molecule has 0 bridgehead atoms. The average molecular weight is 744 g/mol. The molecule has 23 heteroatoms. The number of carboxylic acid groups (broad SMARTS) is 2. The minimum absolute atomic E-state index is 0.00667. The Bertz CT molecular complexity index is 1250. The van der Waals surface area contributed by atoms with Crippen LogP contribution in [0.2, 0.25) is 0 Å². The van der Waals surface area contributed by atoms with Gasteiger partial charge in [0.05, 0.1) is 6.04 Å². The fourth-order valence-corrected chi connectivity index (χ4v) is 4.57. The molecule has 0 aromatic heterocycles. The first-order valence-corrected chi connectivity index (χ1v) is 16.8. The standard InChI is InChI=1S/C29H57N15O8/c30-12-2-1-6-17(42-24(49)18(7-3-13-38-27(32)33)41-22(47)16(31)10-11-21(45)46)23(48)43-19(8-4-14-39-28(34)35)25(50)44-20(26(51)52)9-5-15-40-29(36)37/h16-20H,1-15,30-31H2,(H,41,47)(H,42,49)(H,43,48)(H,44,50)(H,45,46)(H,51,52)(H4,32,33,38)(H4,34,35,39)(H4,36,37,40)/t16-,17-,18-,19-,20-/m0/s1. The maximum atomic E-state index is 13.7. The number of hydrogen-bond acceptors (Lipinski definition) is 11. The number of carboxylic acids is 2. The van der Waals surface area contributed by atoms with Crippen LogP contribution in [0.1, 0.15) is 70.6 Å². The third-order valence-corrected chi connectivity index (χ3v) is 7.30. The highest BCUT2D eigenvalue weighted by Crippen LogP contribution is 2.09. The van der Waals surface area contributed by atoms with Gasteiger partial charge in [0.2, 0.25) is 23.6 Å². The first kappa shape index (κ1) is 46.5. The Hall–Kier alpha value is -5.45. The Morgan fingerprint density at radius 2 is 0.846 bits per heavy atom. The zero-order valence-electron chi connectivity index (χ0n) is 29.3. The summed E-state index contributed by atoms with van der Waals surface area (Å²) in [6.07, 6.45) is 0.974. The molecule has 52 heavy (non-hydrogen) atoms. The molecule has 4 amide bonds. The summed E-state index contributed by atoms with van der Waals surface area (Å²) in [4.78, 5) is 87.8. The summed E-state index contributed by atoms with van der Waals surface area (Å²) < 4.78 is 0. The van der Waals surface area contributed by atoms with Gasteiger partial charge in [-0.1, -0.05) is 0 Å². The quantitative estimate of drug-likeness (QED) is 0.0202. The molecule has 0 aromatic carbocycles. The number of carbonyl (C=O) groups excluding carboxylic acids is 4. The van der Waals surface area contributed by atoms with Crippen molar-refractivity contribution in [2.75, 3.05) is 26.2 Å². The van der Waals surface area contributed by atoms with Crippen LogP contribution in [0.15, 0.2) is 15.0 Å². The molecule has 0 radical (unpaired) electrons. The number of guanidine groups is 3. The highest BCUT2D eigenvalue weighted by molar-refractivity contribution is 5.95. The maximum Gasteiger partial charge on any atom is 0.326 e. The second kappa shape index (κ2) is 26.4. The average Bonchev–Trinajstić information content (AvgIpc) is 3.06. The molecule has 0 unspecified atom stereocenters. The normalized spacial score (nSPS) is 13.5. The van der Waals surface area contributed by atoms with Crippen LogP contribution in [0, 0.1) is 0 Å². The van der Waals surface area contributed by atoms with Gasteiger partial charge in [-0.05, 0) is 70.8 Å². The summed E-state index contributed by atoms with van der Waals surface area (Å²) in [7, 11) is 0. The zero-order chi connectivity index (χ0) is 39.6. The van der Waals surface area contributed by atoms with E-state index < -0.39 is 65.8 Å². The Morgan fingerprint density at radius 1 is 0.500 bits per heavy atom. The van der Waals surface area contributed by atoms with E-state index in [1.807, 2.05) is 0 Å². The number of aliphatic imine (C=N–C) groups is 3. The highest BCUT2D eigenvalue weighted by Gasteiger charge is 2.31. The predicted octanol–water partition coefficient (Wildman–Crippen LogP) is -5.51. The van der Waals surface area contributed by atoms with Gasteiger partial charge in [-0.2, -0.15) is 0 Å². The van der Waals surface area contributed by atoms with E-state index in [0.717, 1.165) is 0 Å². The molecule has 0 spiro atoms. The molecule has 0 aliphatic heterocycles. The number of aliphatic carboxylic acids is 2. The van der Waals surface area contributed by atoms with Crippen LogP contribution in [-0.4, -0.2) is 120 Å². The van der Waals surface area contributed by atoms with Crippen LogP contribution in [0.25, 0.3) is 0 Å². The second-order valence-electron chi connectivity index (χ2n) is 11.8. The fourth-order valence-electron chi connectivity index (χ4n) is 4.57. The minimum Gasteiger partial charge on any atom is -0.481 e. The number of nitrogens with two attached hydrogens (primary N) is 8. The van der Waals surface area contributed by atoms with Gasteiger partial charge in [0.15, 0.2) is 17.9 Å². The molecule has 0 aromatic rings. The summed E-state index contributed by atoms with van der Waals surface area (Å²) in [6, 6.07) is -6.34. The van der Waals surface area contributed by atoms with Gasteiger partial charge in [-0.3, -0.25) is 38.9 Å². The molecule has 5 atom stereocenters. The van der Waals surface area contributed by atoms with Crippen molar-refractivity contribution in [1.82, 2.24) is 21.3 Å². The summed E-state index contributed by atoms with van der Waals surface area (Å²) in [5, 5.41) is 28.8. The van der Waals surface area contributed by atoms with E-state index in [0.29, 0.717) is 12.8 Å². The first-order valence-electron chi connectivity index (χ1n) is 16.8. The molecule has 0 heterocycles. The number of rotatable bonds is 28. The van der Waals surface area contributed by atoms with Crippen molar-refractivity contribution in [2.45, 2.75) is 101 Å². The van der Waals surface area contributed by atoms with Gasteiger partial charge in [0, 0.05) is 26.1 Å². The predicted molar refractivity (Wildman–Crippen MR) is 193 cm³/mol. The zero-order valence-corrected chi connectivity index (χ0v) is 29.3. The van der Waals surface area contributed by atoms with Crippen molar-refractivity contribution >= 4 is 53.4 Å². The summed E-state index contributed by atoms with van der Waals surface area (Å²) in [5.74, 6) is -6.22. The molecule has 0 rings (SSSR count). The van der Waals surface area contributed by atoms with Crippen LogP contribution in [0.4, 0.5) is 0 Å². The van der Waals surface area contributed by atoms with Crippen molar-refractivity contribution in [2.24, 2.45) is 60.8 Å². The third kappa shape index (κ3) is 22.3. The molecule has 0 aliphatic rings. The topological polar surface area (TPSA) is 436 Å². The van der Waals surface area contributed by atoms with Crippen LogP contribution in [0.5, 0.6) is 0 Å². The van der Waals surface area contributed by atoms with Gasteiger partial charge in [0.25, 0.3) is 0 Å². The van der Waals surface area contributed by atoms with E-state index in [2.05, 4.69) is 36.2 Å². The Kier molecular flexibility index (Phi) is 23.6. The van der Waals surface area contributed by atoms with Crippen molar-refractivity contribution in [3.63, 3.8) is 0 Å². The number of carbonyl (C=O) groups is 6. The highest BCUT2D eigenvalue weighted by atomic mass is 16.4. The minimum atomic E-state index is -1.34. The van der Waals surface area contributed by atoms with E-state index in [1.54, 1.807) is 0 Å².